The third-order valence-electron chi connectivity index (χ3n) is 1.72. The number of hydrogen-bond acceptors (Lipinski definition) is 3. The van der Waals surface area contributed by atoms with Gasteiger partial charge < -0.3 is 10.8 Å². The van der Waals surface area contributed by atoms with Gasteiger partial charge in [0.2, 0.25) is 0 Å². The van der Waals surface area contributed by atoms with Crippen LogP contribution >= 0.6 is 11.6 Å². The Morgan fingerprint density at radius 3 is 2.79 bits per heavy atom. The number of nitrogens with two attached hydrogens (primary N) is 1. The summed E-state index contributed by atoms with van der Waals surface area (Å²) < 4.78 is 11.6. The molecule has 0 radical (unpaired) electrons. The van der Waals surface area contributed by atoms with Crippen LogP contribution in [0.15, 0.2) is 23.1 Å². The van der Waals surface area contributed by atoms with Gasteiger partial charge in [-0.2, -0.15) is 0 Å². The molecule has 0 aliphatic rings. The van der Waals surface area contributed by atoms with E-state index in [1.807, 2.05) is 0 Å². The molecule has 78 valence electrons. The smallest absolute Gasteiger partial charge is 0.0647 e. The van der Waals surface area contributed by atoms with E-state index in [0.717, 1.165) is 0 Å². The van der Waals surface area contributed by atoms with Crippen LogP contribution in [-0.4, -0.2) is 21.7 Å². The van der Waals surface area contributed by atoms with Gasteiger partial charge >= 0.3 is 0 Å². The van der Waals surface area contributed by atoms with Crippen LogP contribution in [0.4, 0.5) is 5.69 Å². The van der Waals surface area contributed by atoms with Gasteiger partial charge in [-0.1, -0.05) is 11.6 Å². The summed E-state index contributed by atoms with van der Waals surface area (Å²) in [7, 11) is -1.10. The number of halogens is 1. The van der Waals surface area contributed by atoms with Crippen molar-refractivity contribution in [3.8, 4) is 0 Å². The third-order valence-corrected chi connectivity index (χ3v) is 3.49. The number of aliphatic hydroxyl groups excluding tert-OH is 1. The van der Waals surface area contributed by atoms with Gasteiger partial charge in [0.1, 0.15) is 0 Å². The van der Waals surface area contributed by atoms with Gasteiger partial charge in [-0.05, 0) is 24.6 Å². The molecule has 0 spiro atoms. The molecule has 0 aliphatic carbocycles. The lowest BCUT2D eigenvalue weighted by Crippen LogP contribution is -2.00. The Morgan fingerprint density at radius 1 is 1.50 bits per heavy atom. The minimum Gasteiger partial charge on any atom is -0.398 e. The minimum atomic E-state index is -1.10. The van der Waals surface area contributed by atoms with Gasteiger partial charge in [-0.15, -0.1) is 0 Å². The van der Waals surface area contributed by atoms with E-state index in [2.05, 4.69) is 0 Å². The van der Waals surface area contributed by atoms with Gasteiger partial charge in [0.15, 0.2) is 0 Å². The topological polar surface area (TPSA) is 63.3 Å². The SMILES string of the molecule is Nc1ccc(S(=O)CCCO)cc1Cl. The monoisotopic (exact) mass is 233 g/mol. The third kappa shape index (κ3) is 2.97. The Kier molecular flexibility index (Phi) is 4.38. The summed E-state index contributed by atoms with van der Waals surface area (Å²) >= 11 is 5.78. The molecule has 0 fully saturated rings. The van der Waals surface area contributed by atoms with E-state index in [9.17, 15) is 4.21 Å². The molecule has 0 aromatic heterocycles. The highest BCUT2D eigenvalue weighted by atomic mass is 35.5. The lowest BCUT2D eigenvalue weighted by Gasteiger charge is -2.03. The average Bonchev–Trinajstić information content (AvgIpc) is 2.18. The second-order valence-corrected chi connectivity index (χ2v) is 4.79. The van der Waals surface area contributed by atoms with Crippen LogP contribution in [0.3, 0.4) is 0 Å². The molecule has 0 aliphatic heterocycles. The molecular weight excluding hydrogens is 222 g/mol. The first kappa shape index (κ1) is 11.5. The first-order valence-electron chi connectivity index (χ1n) is 4.19. The molecule has 1 aromatic rings. The molecule has 3 nitrogen and oxygen atoms in total. The zero-order chi connectivity index (χ0) is 10.6. The molecule has 0 amide bonds. The van der Waals surface area contributed by atoms with E-state index in [1.54, 1.807) is 18.2 Å². The summed E-state index contributed by atoms with van der Waals surface area (Å²) in [6.45, 7) is 0.0500. The molecule has 1 rings (SSSR count). The Bertz CT molecular complexity index is 344. The number of nitrogen functional groups attached to an aromatic ring is 1. The number of rotatable bonds is 4. The van der Waals surface area contributed by atoms with Crippen LogP contribution in [0, 0.1) is 0 Å². The quantitative estimate of drug-likeness (QED) is 0.773. The summed E-state index contributed by atoms with van der Waals surface area (Å²) in [6, 6.07) is 4.92. The van der Waals surface area contributed by atoms with Gasteiger partial charge in [0.25, 0.3) is 0 Å². The van der Waals surface area contributed by atoms with Gasteiger partial charge in [-0.3, -0.25) is 4.21 Å². The molecule has 14 heavy (non-hydrogen) atoms. The zero-order valence-corrected chi connectivity index (χ0v) is 9.14. The Hall–Kier alpha value is -0.580. The van der Waals surface area contributed by atoms with Crippen molar-refractivity contribution >= 4 is 28.1 Å². The van der Waals surface area contributed by atoms with Crippen molar-refractivity contribution in [2.75, 3.05) is 18.1 Å². The fourth-order valence-corrected chi connectivity index (χ4v) is 2.30. The first-order chi connectivity index (χ1) is 6.65. The highest BCUT2D eigenvalue weighted by molar-refractivity contribution is 7.85. The van der Waals surface area contributed by atoms with Crippen LogP contribution in [0.2, 0.25) is 5.02 Å². The predicted molar refractivity (Wildman–Crippen MR) is 58.8 cm³/mol. The van der Waals surface area contributed by atoms with Crippen molar-refractivity contribution in [1.82, 2.24) is 0 Å². The molecule has 3 N–H and O–H groups in total. The van der Waals surface area contributed by atoms with Crippen LogP contribution in [-0.2, 0) is 10.8 Å². The van der Waals surface area contributed by atoms with Crippen LogP contribution < -0.4 is 5.73 Å². The highest BCUT2D eigenvalue weighted by Gasteiger charge is 2.05. The maximum Gasteiger partial charge on any atom is 0.0647 e. The normalized spacial score (nSPS) is 12.7. The summed E-state index contributed by atoms with van der Waals surface area (Å²) in [5.41, 5.74) is 6.00. The van der Waals surface area contributed by atoms with Crippen LogP contribution in [0.1, 0.15) is 6.42 Å². The Morgan fingerprint density at radius 2 is 2.21 bits per heavy atom. The van der Waals surface area contributed by atoms with Crippen molar-refractivity contribution in [2.24, 2.45) is 0 Å². The largest absolute Gasteiger partial charge is 0.398 e. The molecule has 0 saturated carbocycles. The molecule has 0 bridgehead atoms. The molecule has 5 heteroatoms. The number of benzene rings is 1. The molecule has 0 heterocycles. The Balaban J connectivity index is 2.76. The number of aliphatic hydroxyl groups is 1. The first-order valence-corrected chi connectivity index (χ1v) is 5.89. The summed E-state index contributed by atoms with van der Waals surface area (Å²) in [5, 5.41) is 9.00. The second-order valence-electron chi connectivity index (χ2n) is 2.81. The fraction of sp³-hybridized carbons (Fsp3) is 0.333. The summed E-state index contributed by atoms with van der Waals surface area (Å²) in [6.07, 6.45) is 0.522. The summed E-state index contributed by atoms with van der Waals surface area (Å²) in [5.74, 6) is 0.441. The second kappa shape index (κ2) is 5.34. The minimum absolute atomic E-state index is 0.0500. The molecule has 1 unspecified atom stereocenters. The number of anilines is 1. The maximum atomic E-state index is 11.6. The fourth-order valence-electron chi connectivity index (χ4n) is 0.963. The zero-order valence-electron chi connectivity index (χ0n) is 7.57. The molecule has 0 saturated heterocycles. The van der Waals surface area contributed by atoms with Crippen molar-refractivity contribution in [3.63, 3.8) is 0 Å². The summed E-state index contributed by atoms with van der Waals surface area (Å²) in [4.78, 5) is 0.651. The average molecular weight is 234 g/mol. The highest BCUT2D eigenvalue weighted by Crippen LogP contribution is 2.21. The lowest BCUT2D eigenvalue weighted by atomic mass is 10.3. The molecular formula is C9H12ClNO2S. The van der Waals surface area contributed by atoms with Crippen LogP contribution in [0.5, 0.6) is 0 Å². The lowest BCUT2D eigenvalue weighted by molar-refractivity contribution is 0.296. The van der Waals surface area contributed by atoms with E-state index in [-0.39, 0.29) is 6.61 Å². The van der Waals surface area contributed by atoms with E-state index in [0.29, 0.717) is 27.8 Å². The van der Waals surface area contributed by atoms with Gasteiger partial charge in [-0.25, -0.2) is 0 Å². The Labute approximate surface area is 90.3 Å². The van der Waals surface area contributed by atoms with E-state index in [1.165, 1.54) is 0 Å². The van der Waals surface area contributed by atoms with E-state index < -0.39 is 10.8 Å². The maximum absolute atomic E-state index is 11.6. The molecule has 1 aromatic carbocycles. The van der Waals surface area contributed by atoms with Crippen molar-refractivity contribution in [3.05, 3.63) is 23.2 Å². The van der Waals surface area contributed by atoms with Gasteiger partial charge in [0.05, 0.1) is 21.5 Å². The van der Waals surface area contributed by atoms with Crippen LogP contribution in [0.25, 0.3) is 0 Å². The van der Waals surface area contributed by atoms with E-state index >= 15 is 0 Å². The predicted octanol–water partition coefficient (Wildman–Crippen LogP) is 1.41. The van der Waals surface area contributed by atoms with E-state index in [4.69, 9.17) is 22.4 Å². The van der Waals surface area contributed by atoms with Crippen molar-refractivity contribution < 1.29 is 9.32 Å². The standard InChI is InChI=1S/C9H12ClNO2S/c10-8-6-7(2-3-9(8)11)14(13)5-1-4-12/h2-3,6,12H,1,4-5,11H2. The molecule has 1 atom stereocenters. The number of hydrogen-bond donors (Lipinski definition) is 2. The van der Waals surface area contributed by atoms with Gasteiger partial charge in [0, 0.05) is 17.3 Å². The van der Waals surface area contributed by atoms with Crippen molar-refractivity contribution in [1.29, 1.82) is 0 Å². The van der Waals surface area contributed by atoms with Crippen molar-refractivity contribution in [2.45, 2.75) is 11.3 Å².